The number of hydrogen-bond acceptors (Lipinski definition) is 9. The lowest BCUT2D eigenvalue weighted by molar-refractivity contribution is -0.151. The largest absolute Gasteiger partial charge is 0.459 e. The molecule has 11 nitrogen and oxygen atoms in total. The Hall–Kier alpha value is -4.52. The summed E-state index contributed by atoms with van der Waals surface area (Å²) < 4.78 is 45.9. The number of carbonyl (C=O) groups excluding carboxylic acids is 2. The number of carbonyl (C=O) groups is 2. The van der Waals surface area contributed by atoms with E-state index in [1.165, 1.54) is 4.68 Å². The van der Waals surface area contributed by atoms with E-state index in [1.807, 2.05) is 6.07 Å². The lowest BCUT2D eigenvalue weighted by Crippen LogP contribution is -2.48. The molecule has 2 N–H and O–H groups in total. The van der Waals surface area contributed by atoms with Crippen LogP contribution in [0, 0.1) is 17.6 Å². The van der Waals surface area contributed by atoms with Crippen molar-refractivity contribution in [3.8, 4) is 23.0 Å². The van der Waals surface area contributed by atoms with Crippen LogP contribution >= 0.6 is 11.6 Å². The van der Waals surface area contributed by atoms with Gasteiger partial charge >= 0.3 is 18.1 Å². The topological polar surface area (TPSA) is 129 Å². The quantitative estimate of drug-likeness (QED) is 0.182. The van der Waals surface area contributed by atoms with Crippen molar-refractivity contribution in [3.05, 3.63) is 59.1 Å². The van der Waals surface area contributed by atoms with Crippen LogP contribution in [-0.2, 0) is 21.3 Å². The fourth-order valence-electron chi connectivity index (χ4n) is 4.29. The molecule has 0 saturated heterocycles. The molecular weight excluding hydrogens is 610 g/mol. The highest BCUT2D eigenvalue weighted by atomic mass is 35.5. The second kappa shape index (κ2) is 13.6. The number of benzene rings is 2. The van der Waals surface area contributed by atoms with Gasteiger partial charge in [0.15, 0.2) is 17.2 Å². The second-order valence-corrected chi connectivity index (χ2v) is 12.1. The van der Waals surface area contributed by atoms with Crippen molar-refractivity contribution in [3.63, 3.8) is 0 Å². The molecule has 2 aromatic heterocycles. The zero-order valence-corrected chi connectivity index (χ0v) is 26.7. The summed E-state index contributed by atoms with van der Waals surface area (Å²) in [6.45, 7) is 10.4. The lowest BCUT2D eigenvalue weighted by Gasteiger charge is -2.26. The molecule has 0 fully saturated rings. The lowest BCUT2D eigenvalue weighted by atomic mass is 10.1. The van der Waals surface area contributed by atoms with Crippen molar-refractivity contribution in [2.24, 2.45) is 13.0 Å². The standard InChI is InChI=1S/C31H35ClF2N6O5/c1-16(2)24(36-30(42)45-31(4,5)6)28(41)43-17(3)15-35-26-23-25(19-10-8-9-11-20(19)32)39-40(7)27(23)38-29(37-26)44-22-13-12-18(33)14-21(22)34/h8-14,16-17,24H,15H2,1-7H3,(H,36,42)(H,35,37,38)/t17-,24-/m0/s1. The first-order valence-corrected chi connectivity index (χ1v) is 14.6. The van der Waals surface area contributed by atoms with Gasteiger partial charge in [0.05, 0.1) is 17.0 Å². The summed E-state index contributed by atoms with van der Waals surface area (Å²) >= 11 is 6.50. The van der Waals surface area contributed by atoms with Gasteiger partial charge in [-0.25, -0.2) is 23.1 Å². The van der Waals surface area contributed by atoms with Crippen LogP contribution in [0.1, 0.15) is 41.5 Å². The summed E-state index contributed by atoms with van der Waals surface area (Å²) in [6.07, 6.45) is -1.44. The molecule has 45 heavy (non-hydrogen) atoms. The van der Waals surface area contributed by atoms with Crippen LogP contribution in [0.25, 0.3) is 22.3 Å². The molecule has 4 rings (SSSR count). The fraction of sp³-hybridized carbons (Fsp3) is 0.387. The van der Waals surface area contributed by atoms with Gasteiger partial charge in [0.1, 0.15) is 35.1 Å². The van der Waals surface area contributed by atoms with Crippen molar-refractivity contribution in [2.75, 3.05) is 11.9 Å². The molecule has 2 heterocycles. The molecule has 0 bridgehead atoms. The zero-order valence-electron chi connectivity index (χ0n) is 25.9. The molecular formula is C31H35ClF2N6O5. The van der Waals surface area contributed by atoms with E-state index in [0.29, 0.717) is 33.4 Å². The SMILES string of the molecule is CC(C)[C@H](NC(=O)OC(C)(C)C)C(=O)O[C@@H](C)CNc1nc(Oc2ccc(F)cc2F)nc2c1c(-c1ccccc1Cl)nn2C. The van der Waals surface area contributed by atoms with Gasteiger partial charge in [0, 0.05) is 18.7 Å². The van der Waals surface area contributed by atoms with Crippen LogP contribution in [0.5, 0.6) is 11.8 Å². The van der Waals surface area contributed by atoms with Crippen LogP contribution in [0.4, 0.5) is 19.4 Å². The maximum Gasteiger partial charge on any atom is 0.408 e. The molecule has 0 aliphatic heterocycles. The maximum absolute atomic E-state index is 14.4. The molecule has 2 aromatic carbocycles. The van der Waals surface area contributed by atoms with Crippen molar-refractivity contribution in [2.45, 2.75) is 59.3 Å². The van der Waals surface area contributed by atoms with E-state index in [9.17, 15) is 18.4 Å². The molecule has 0 aliphatic carbocycles. The monoisotopic (exact) mass is 644 g/mol. The van der Waals surface area contributed by atoms with E-state index in [4.69, 9.17) is 25.8 Å². The highest BCUT2D eigenvalue weighted by Crippen LogP contribution is 2.37. The van der Waals surface area contributed by atoms with Crippen LogP contribution < -0.4 is 15.4 Å². The minimum atomic E-state index is -0.955. The Morgan fingerprint density at radius 1 is 1.07 bits per heavy atom. The minimum absolute atomic E-state index is 0.0658. The predicted octanol–water partition coefficient (Wildman–Crippen LogP) is 6.65. The number of fused-ring (bicyclic) bond motifs is 1. The first-order valence-electron chi connectivity index (χ1n) is 14.2. The van der Waals surface area contributed by atoms with Crippen LogP contribution in [0.3, 0.4) is 0 Å². The first-order chi connectivity index (χ1) is 21.1. The average molecular weight is 645 g/mol. The van der Waals surface area contributed by atoms with E-state index in [-0.39, 0.29) is 30.0 Å². The van der Waals surface area contributed by atoms with Crippen molar-refractivity contribution >= 4 is 40.5 Å². The van der Waals surface area contributed by atoms with E-state index >= 15 is 0 Å². The van der Waals surface area contributed by atoms with Gasteiger partial charge in [-0.1, -0.05) is 43.6 Å². The van der Waals surface area contributed by atoms with Gasteiger partial charge in [0.25, 0.3) is 0 Å². The van der Waals surface area contributed by atoms with E-state index in [2.05, 4.69) is 25.7 Å². The van der Waals surface area contributed by atoms with Crippen molar-refractivity contribution < 1.29 is 32.6 Å². The minimum Gasteiger partial charge on any atom is -0.459 e. The Morgan fingerprint density at radius 2 is 1.78 bits per heavy atom. The van der Waals surface area contributed by atoms with Gasteiger partial charge in [-0.15, -0.1) is 0 Å². The number of esters is 1. The number of halogens is 3. The number of aryl methyl sites for hydroxylation is 1. The van der Waals surface area contributed by atoms with Crippen LogP contribution in [0.15, 0.2) is 42.5 Å². The molecule has 0 spiro atoms. The molecule has 4 aromatic rings. The molecule has 2 atom stereocenters. The van der Waals surface area contributed by atoms with Crippen molar-refractivity contribution in [1.82, 2.24) is 25.1 Å². The number of hydrogen-bond donors (Lipinski definition) is 2. The summed E-state index contributed by atoms with van der Waals surface area (Å²) in [4.78, 5) is 34.3. The number of alkyl carbamates (subject to hydrolysis) is 1. The number of amides is 1. The van der Waals surface area contributed by atoms with Gasteiger partial charge in [-0.2, -0.15) is 15.1 Å². The number of aromatic nitrogens is 4. The summed E-state index contributed by atoms with van der Waals surface area (Å²) in [6, 6.07) is 8.77. The fourth-order valence-corrected chi connectivity index (χ4v) is 4.51. The third kappa shape index (κ3) is 8.35. The highest BCUT2D eigenvalue weighted by molar-refractivity contribution is 6.33. The molecule has 0 saturated carbocycles. The molecule has 0 aliphatic rings. The zero-order chi connectivity index (χ0) is 33.1. The molecule has 240 valence electrons. The van der Waals surface area contributed by atoms with Gasteiger partial charge in [-0.05, 0) is 51.8 Å². The van der Waals surface area contributed by atoms with Crippen LogP contribution in [0.2, 0.25) is 5.02 Å². The molecule has 0 unspecified atom stereocenters. The van der Waals surface area contributed by atoms with Gasteiger partial charge < -0.3 is 24.8 Å². The summed E-state index contributed by atoms with van der Waals surface area (Å²) in [7, 11) is 1.66. The molecule has 1 amide bonds. The summed E-state index contributed by atoms with van der Waals surface area (Å²) in [5, 5.41) is 11.3. The summed E-state index contributed by atoms with van der Waals surface area (Å²) in [5.41, 5.74) is 0.662. The van der Waals surface area contributed by atoms with Crippen LogP contribution in [-0.4, -0.2) is 56.1 Å². The van der Waals surface area contributed by atoms with E-state index in [1.54, 1.807) is 66.8 Å². The third-order valence-corrected chi connectivity index (χ3v) is 6.68. The number of nitrogens with one attached hydrogen (secondary N) is 2. The third-order valence-electron chi connectivity index (χ3n) is 6.35. The number of nitrogens with zero attached hydrogens (tertiary/aromatic N) is 4. The van der Waals surface area contributed by atoms with E-state index < -0.39 is 41.4 Å². The Morgan fingerprint density at radius 3 is 2.42 bits per heavy atom. The number of rotatable bonds is 10. The molecule has 14 heteroatoms. The smallest absolute Gasteiger partial charge is 0.408 e. The Bertz CT molecular complexity index is 1710. The Kier molecular flexibility index (Phi) is 10.1. The first kappa shape index (κ1) is 33.4. The Labute approximate surface area is 264 Å². The Balaban J connectivity index is 1.62. The number of ether oxygens (including phenoxy) is 3. The highest BCUT2D eigenvalue weighted by Gasteiger charge is 2.30. The normalized spacial score (nSPS) is 13.0. The van der Waals surface area contributed by atoms with Gasteiger partial charge in [-0.3, -0.25) is 0 Å². The summed E-state index contributed by atoms with van der Waals surface area (Å²) in [5.74, 6) is -2.68. The van der Waals surface area contributed by atoms with E-state index in [0.717, 1.165) is 12.1 Å². The van der Waals surface area contributed by atoms with Crippen molar-refractivity contribution in [1.29, 1.82) is 0 Å². The molecule has 0 radical (unpaired) electrons. The second-order valence-electron chi connectivity index (χ2n) is 11.7. The maximum atomic E-state index is 14.4. The van der Waals surface area contributed by atoms with Gasteiger partial charge in [0.2, 0.25) is 0 Å². The number of anilines is 1. The predicted molar refractivity (Wildman–Crippen MR) is 165 cm³/mol. The average Bonchev–Trinajstić information content (AvgIpc) is 3.27.